The predicted octanol–water partition coefficient (Wildman–Crippen LogP) is 2.55. The normalized spacial score (nSPS) is 11.1. The molecule has 0 saturated carbocycles. The molecule has 2 rings (SSSR count). The molecule has 3 N–H and O–H groups in total. The molecular formula is C19H26N4O2S. The molecule has 0 aliphatic heterocycles. The number of carbonyl (C=O) groups is 1. The van der Waals surface area contributed by atoms with Crippen molar-refractivity contribution in [2.75, 3.05) is 26.7 Å². The van der Waals surface area contributed by atoms with E-state index in [4.69, 9.17) is 4.74 Å². The van der Waals surface area contributed by atoms with Gasteiger partial charge in [-0.15, -0.1) is 11.3 Å². The zero-order valence-corrected chi connectivity index (χ0v) is 16.3. The Morgan fingerprint density at radius 2 is 1.81 bits per heavy atom. The highest BCUT2D eigenvalue weighted by molar-refractivity contribution is 7.11. The van der Waals surface area contributed by atoms with Crippen LogP contribution in [0.25, 0.3) is 0 Å². The van der Waals surface area contributed by atoms with E-state index in [9.17, 15) is 4.79 Å². The van der Waals surface area contributed by atoms with Gasteiger partial charge in [0, 0.05) is 35.0 Å². The first-order valence-electron chi connectivity index (χ1n) is 8.62. The molecule has 0 atom stereocenters. The Hall–Kier alpha value is -2.54. The van der Waals surface area contributed by atoms with E-state index in [1.54, 1.807) is 42.7 Å². The number of hydrogen-bond donors (Lipinski definition) is 3. The number of nitrogens with zero attached hydrogens (tertiary/aromatic N) is 1. The second-order valence-corrected chi connectivity index (χ2v) is 6.99. The quantitative estimate of drug-likeness (QED) is 0.377. The molecule has 7 heteroatoms. The minimum atomic E-state index is -0.106. The lowest BCUT2D eigenvalue weighted by Gasteiger charge is -2.12. The minimum Gasteiger partial charge on any atom is -0.497 e. The molecule has 0 spiro atoms. The molecule has 2 aromatic rings. The maximum Gasteiger partial charge on any atom is 0.251 e. The van der Waals surface area contributed by atoms with Crippen molar-refractivity contribution in [1.82, 2.24) is 16.0 Å². The number of nitrogens with one attached hydrogen (secondary N) is 3. The fourth-order valence-corrected chi connectivity index (χ4v) is 3.09. The molecule has 1 aromatic carbocycles. The molecule has 26 heavy (non-hydrogen) atoms. The van der Waals surface area contributed by atoms with Crippen molar-refractivity contribution in [3.05, 3.63) is 51.7 Å². The zero-order valence-electron chi connectivity index (χ0n) is 15.5. The largest absolute Gasteiger partial charge is 0.497 e. The summed E-state index contributed by atoms with van der Waals surface area (Å²) in [6.07, 6.45) is 0. The molecule has 1 heterocycles. The van der Waals surface area contributed by atoms with Gasteiger partial charge in [0.1, 0.15) is 5.75 Å². The summed E-state index contributed by atoms with van der Waals surface area (Å²) in [7, 11) is 1.60. The smallest absolute Gasteiger partial charge is 0.251 e. The lowest BCUT2D eigenvalue weighted by atomic mass is 10.2. The molecule has 0 bridgehead atoms. The Labute approximate surface area is 158 Å². The monoisotopic (exact) mass is 374 g/mol. The standard InChI is InChI=1S/C19H26N4O2S/c1-4-20-19(23-13-17-10-5-14(2)26-17)22-12-11-21-18(24)15-6-8-16(25-3)9-7-15/h5-10H,4,11-13H2,1-3H3,(H,21,24)(H2,20,22,23). The van der Waals surface area contributed by atoms with Gasteiger partial charge in [0.2, 0.25) is 0 Å². The van der Waals surface area contributed by atoms with Crippen molar-refractivity contribution in [2.45, 2.75) is 20.4 Å². The highest BCUT2D eigenvalue weighted by Crippen LogP contribution is 2.15. The highest BCUT2D eigenvalue weighted by Gasteiger charge is 2.05. The number of benzene rings is 1. The molecule has 0 aliphatic rings. The highest BCUT2D eigenvalue weighted by atomic mass is 32.1. The second kappa shape index (κ2) is 10.5. The number of thiophene rings is 1. The van der Waals surface area contributed by atoms with Crippen LogP contribution >= 0.6 is 11.3 Å². The third-order valence-electron chi connectivity index (χ3n) is 3.59. The van der Waals surface area contributed by atoms with Crippen molar-refractivity contribution in [1.29, 1.82) is 0 Å². The third-order valence-corrected chi connectivity index (χ3v) is 4.57. The lowest BCUT2D eigenvalue weighted by molar-refractivity contribution is 0.0954. The van der Waals surface area contributed by atoms with Gasteiger partial charge in [-0.2, -0.15) is 0 Å². The number of amides is 1. The fourth-order valence-electron chi connectivity index (χ4n) is 2.27. The van der Waals surface area contributed by atoms with E-state index in [2.05, 4.69) is 40.0 Å². The van der Waals surface area contributed by atoms with Crippen molar-refractivity contribution in [3.63, 3.8) is 0 Å². The number of rotatable bonds is 8. The summed E-state index contributed by atoms with van der Waals surface area (Å²) in [5.41, 5.74) is 0.611. The average molecular weight is 375 g/mol. The molecule has 1 amide bonds. The molecule has 1 aromatic heterocycles. The number of ether oxygens (including phenoxy) is 1. The lowest BCUT2D eigenvalue weighted by Crippen LogP contribution is -2.41. The summed E-state index contributed by atoms with van der Waals surface area (Å²) < 4.78 is 5.09. The zero-order chi connectivity index (χ0) is 18.8. The van der Waals surface area contributed by atoms with Gasteiger partial charge in [-0.05, 0) is 50.2 Å². The van der Waals surface area contributed by atoms with Crippen molar-refractivity contribution in [3.8, 4) is 5.75 Å². The third kappa shape index (κ3) is 6.40. The summed E-state index contributed by atoms with van der Waals surface area (Å²) >= 11 is 1.75. The van der Waals surface area contributed by atoms with E-state index in [0.29, 0.717) is 25.2 Å². The molecule has 140 valence electrons. The first-order valence-corrected chi connectivity index (χ1v) is 9.43. The van der Waals surface area contributed by atoms with Gasteiger partial charge >= 0.3 is 0 Å². The molecule has 0 unspecified atom stereocenters. The van der Waals surface area contributed by atoms with Crippen LogP contribution in [-0.2, 0) is 6.54 Å². The summed E-state index contributed by atoms with van der Waals surface area (Å²) in [5.74, 6) is 1.37. The Balaban J connectivity index is 1.76. The van der Waals surface area contributed by atoms with Crippen LogP contribution in [-0.4, -0.2) is 38.6 Å². The van der Waals surface area contributed by atoms with Gasteiger partial charge in [0.05, 0.1) is 13.7 Å². The molecule has 0 fully saturated rings. The summed E-state index contributed by atoms with van der Waals surface area (Å²) in [5, 5.41) is 9.33. The van der Waals surface area contributed by atoms with Crippen LogP contribution in [0.2, 0.25) is 0 Å². The molecule has 0 radical (unpaired) electrons. The first kappa shape index (κ1) is 19.8. The van der Waals surface area contributed by atoms with Gasteiger partial charge < -0.3 is 20.7 Å². The van der Waals surface area contributed by atoms with E-state index in [-0.39, 0.29) is 5.91 Å². The van der Waals surface area contributed by atoms with E-state index in [0.717, 1.165) is 18.3 Å². The maximum absolute atomic E-state index is 12.1. The Morgan fingerprint density at radius 3 is 2.42 bits per heavy atom. The van der Waals surface area contributed by atoms with E-state index in [1.165, 1.54) is 9.75 Å². The van der Waals surface area contributed by atoms with Crippen LogP contribution in [0.5, 0.6) is 5.75 Å². The molecule has 0 aliphatic carbocycles. The van der Waals surface area contributed by atoms with Gasteiger partial charge in [0.25, 0.3) is 5.91 Å². The fraction of sp³-hybridized carbons (Fsp3) is 0.368. The van der Waals surface area contributed by atoms with Crippen molar-refractivity contribution in [2.24, 2.45) is 4.99 Å². The molecule has 0 saturated heterocycles. The number of guanidine groups is 1. The van der Waals surface area contributed by atoms with Crippen LogP contribution in [0, 0.1) is 6.92 Å². The SMILES string of the molecule is CCNC(=NCc1ccc(C)s1)NCCNC(=O)c1ccc(OC)cc1. The van der Waals surface area contributed by atoms with Crippen molar-refractivity contribution < 1.29 is 9.53 Å². The van der Waals surface area contributed by atoms with Gasteiger partial charge in [-0.1, -0.05) is 0 Å². The number of aryl methyl sites for hydroxylation is 1. The molecular weight excluding hydrogens is 348 g/mol. The van der Waals surface area contributed by atoms with Crippen LogP contribution in [0.4, 0.5) is 0 Å². The van der Waals surface area contributed by atoms with Crippen molar-refractivity contribution >= 4 is 23.2 Å². The van der Waals surface area contributed by atoms with Crippen LogP contribution < -0.4 is 20.7 Å². The Bertz CT molecular complexity index is 725. The summed E-state index contributed by atoms with van der Waals surface area (Å²) in [6.45, 7) is 6.65. The van der Waals surface area contributed by atoms with Gasteiger partial charge in [-0.25, -0.2) is 4.99 Å². The number of hydrogen-bond acceptors (Lipinski definition) is 4. The van der Waals surface area contributed by atoms with Crippen LogP contribution in [0.15, 0.2) is 41.4 Å². The van der Waals surface area contributed by atoms with Gasteiger partial charge in [0.15, 0.2) is 5.96 Å². The Morgan fingerprint density at radius 1 is 1.08 bits per heavy atom. The van der Waals surface area contributed by atoms with Crippen LogP contribution in [0.1, 0.15) is 27.0 Å². The topological polar surface area (TPSA) is 74.8 Å². The van der Waals surface area contributed by atoms with E-state index in [1.807, 2.05) is 6.92 Å². The van der Waals surface area contributed by atoms with Crippen LogP contribution in [0.3, 0.4) is 0 Å². The summed E-state index contributed by atoms with van der Waals surface area (Å²) in [4.78, 5) is 19.2. The Kier molecular flexibility index (Phi) is 7.95. The van der Waals surface area contributed by atoms with E-state index < -0.39 is 0 Å². The minimum absolute atomic E-state index is 0.106. The second-order valence-electron chi connectivity index (χ2n) is 5.62. The average Bonchev–Trinajstić information content (AvgIpc) is 3.08. The first-order chi connectivity index (χ1) is 12.6. The number of carbonyl (C=O) groups excluding carboxylic acids is 1. The van der Waals surface area contributed by atoms with Gasteiger partial charge in [-0.3, -0.25) is 4.79 Å². The number of aliphatic imine (C=N–C) groups is 1. The van der Waals surface area contributed by atoms with E-state index >= 15 is 0 Å². The molecule has 6 nitrogen and oxygen atoms in total. The summed E-state index contributed by atoms with van der Waals surface area (Å²) in [6, 6.07) is 11.2. The number of methoxy groups -OCH3 is 1. The maximum atomic E-state index is 12.1. The predicted molar refractivity (Wildman–Crippen MR) is 107 cm³/mol.